The van der Waals surface area contributed by atoms with E-state index in [9.17, 15) is 4.79 Å². The molecule has 2 heteroatoms. The molecule has 4 bridgehead atoms. The van der Waals surface area contributed by atoms with Crippen LogP contribution in [0.2, 0.25) is 0 Å². The van der Waals surface area contributed by atoms with Gasteiger partial charge in [-0.2, -0.15) is 0 Å². The van der Waals surface area contributed by atoms with E-state index in [1.54, 1.807) is 0 Å². The van der Waals surface area contributed by atoms with Crippen LogP contribution in [0.5, 0.6) is 0 Å². The zero-order chi connectivity index (χ0) is 14.7. The van der Waals surface area contributed by atoms with Crippen molar-refractivity contribution in [2.45, 2.75) is 71.6 Å². The van der Waals surface area contributed by atoms with E-state index < -0.39 is 0 Å². The summed E-state index contributed by atoms with van der Waals surface area (Å²) in [6, 6.07) is 0. The lowest BCUT2D eigenvalue weighted by atomic mass is 9.49. The Morgan fingerprint density at radius 3 is 1.95 bits per heavy atom. The van der Waals surface area contributed by atoms with Crippen LogP contribution in [0.4, 0.5) is 0 Å². The van der Waals surface area contributed by atoms with Crippen molar-refractivity contribution >= 4 is 5.91 Å². The van der Waals surface area contributed by atoms with E-state index in [0.29, 0.717) is 11.3 Å². The lowest BCUT2D eigenvalue weighted by Crippen LogP contribution is -2.54. The summed E-state index contributed by atoms with van der Waals surface area (Å²) in [6.07, 6.45) is 11.7. The van der Waals surface area contributed by atoms with Gasteiger partial charge >= 0.3 is 0 Å². The van der Waals surface area contributed by atoms with Crippen molar-refractivity contribution in [3.05, 3.63) is 0 Å². The van der Waals surface area contributed by atoms with Gasteiger partial charge in [0.15, 0.2) is 0 Å². The van der Waals surface area contributed by atoms with Crippen molar-refractivity contribution in [1.82, 2.24) is 4.90 Å². The zero-order valence-corrected chi connectivity index (χ0v) is 13.9. The smallest absolute Gasteiger partial charge is 0.228 e. The average Bonchev–Trinajstić information content (AvgIpc) is 2.90. The van der Waals surface area contributed by atoms with Gasteiger partial charge in [0, 0.05) is 13.1 Å². The van der Waals surface area contributed by atoms with Crippen LogP contribution < -0.4 is 0 Å². The molecule has 5 aliphatic rings. The third-order valence-electron chi connectivity index (χ3n) is 7.72. The summed E-state index contributed by atoms with van der Waals surface area (Å²) in [6.45, 7) is 6.69. The normalized spacial score (nSPS) is 43.5. The SMILES string of the molecule is CCC1(CC)CCN(C(=O)C23CC4CC(CC(C4)C2)C3)C1. The van der Waals surface area contributed by atoms with Crippen LogP contribution in [0.15, 0.2) is 0 Å². The molecule has 0 radical (unpaired) electrons. The van der Waals surface area contributed by atoms with Gasteiger partial charge in [-0.3, -0.25) is 4.79 Å². The molecule has 0 unspecified atom stereocenters. The number of likely N-dealkylation sites (tertiary alicyclic amines) is 1. The van der Waals surface area contributed by atoms with Gasteiger partial charge in [0.2, 0.25) is 5.91 Å². The third-order valence-corrected chi connectivity index (χ3v) is 7.72. The second-order valence-electron chi connectivity index (χ2n) is 8.88. The standard InChI is InChI=1S/C19H31NO/c1-3-18(4-2)5-6-20(13-18)17(21)19-10-14-7-15(11-19)9-16(8-14)12-19/h14-16H,3-13H2,1-2H3. The molecule has 0 N–H and O–H groups in total. The molecule has 5 fully saturated rings. The molecule has 0 aromatic heterocycles. The summed E-state index contributed by atoms with van der Waals surface area (Å²) in [5.74, 6) is 3.20. The third kappa shape index (κ3) is 2.08. The minimum atomic E-state index is 0.0757. The minimum absolute atomic E-state index is 0.0757. The lowest BCUT2D eigenvalue weighted by molar-refractivity contribution is -0.157. The molecule has 1 saturated heterocycles. The van der Waals surface area contributed by atoms with Crippen LogP contribution in [0.25, 0.3) is 0 Å². The molecular weight excluding hydrogens is 258 g/mol. The molecule has 1 amide bonds. The largest absolute Gasteiger partial charge is 0.342 e. The lowest BCUT2D eigenvalue weighted by Gasteiger charge is -2.56. The summed E-state index contributed by atoms with van der Waals surface area (Å²) in [7, 11) is 0. The Bertz CT molecular complexity index is 402. The molecular formula is C19H31NO. The van der Waals surface area contributed by atoms with E-state index in [-0.39, 0.29) is 5.41 Å². The number of hydrogen-bond acceptors (Lipinski definition) is 1. The summed E-state index contributed by atoms with van der Waals surface area (Å²) in [4.78, 5) is 15.6. The number of carbonyl (C=O) groups excluding carboxylic acids is 1. The predicted molar refractivity (Wildman–Crippen MR) is 84.8 cm³/mol. The molecule has 0 aromatic carbocycles. The van der Waals surface area contributed by atoms with Crippen molar-refractivity contribution in [1.29, 1.82) is 0 Å². The summed E-state index contributed by atoms with van der Waals surface area (Å²) in [5, 5.41) is 0. The van der Waals surface area contributed by atoms with Crippen LogP contribution in [0.3, 0.4) is 0 Å². The van der Waals surface area contributed by atoms with E-state index in [4.69, 9.17) is 0 Å². The van der Waals surface area contributed by atoms with Gasteiger partial charge in [0.1, 0.15) is 0 Å². The maximum absolute atomic E-state index is 13.3. The summed E-state index contributed by atoms with van der Waals surface area (Å²) >= 11 is 0. The number of nitrogens with zero attached hydrogens (tertiary/aromatic N) is 1. The van der Waals surface area contributed by atoms with E-state index in [1.807, 2.05) is 0 Å². The van der Waals surface area contributed by atoms with E-state index in [0.717, 1.165) is 30.8 Å². The van der Waals surface area contributed by atoms with Crippen LogP contribution in [0.1, 0.15) is 71.6 Å². The zero-order valence-electron chi connectivity index (χ0n) is 13.9. The molecule has 4 saturated carbocycles. The van der Waals surface area contributed by atoms with Gasteiger partial charge in [0.05, 0.1) is 5.41 Å². The number of carbonyl (C=O) groups is 1. The molecule has 21 heavy (non-hydrogen) atoms. The number of rotatable bonds is 3. The first-order valence-electron chi connectivity index (χ1n) is 9.37. The quantitative estimate of drug-likeness (QED) is 0.761. The van der Waals surface area contributed by atoms with Crippen LogP contribution in [0, 0.1) is 28.6 Å². The van der Waals surface area contributed by atoms with E-state index in [1.165, 1.54) is 57.8 Å². The maximum Gasteiger partial charge on any atom is 0.228 e. The fraction of sp³-hybridized carbons (Fsp3) is 0.947. The van der Waals surface area contributed by atoms with Gasteiger partial charge in [-0.15, -0.1) is 0 Å². The molecule has 5 rings (SSSR count). The predicted octanol–water partition coefficient (Wildman–Crippen LogP) is 4.24. The van der Waals surface area contributed by atoms with Crippen molar-refractivity contribution in [3.63, 3.8) is 0 Å². The topological polar surface area (TPSA) is 20.3 Å². The van der Waals surface area contributed by atoms with E-state index >= 15 is 0 Å². The molecule has 0 aromatic rings. The first-order valence-corrected chi connectivity index (χ1v) is 9.37. The molecule has 0 atom stereocenters. The highest BCUT2D eigenvalue weighted by molar-refractivity contribution is 5.83. The number of amides is 1. The Kier molecular flexibility index (Phi) is 3.17. The fourth-order valence-corrected chi connectivity index (χ4v) is 6.64. The minimum Gasteiger partial charge on any atom is -0.342 e. The Labute approximate surface area is 129 Å². The second kappa shape index (κ2) is 4.73. The van der Waals surface area contributed by atoms with E-state index in [2.05, 4.69) is 18.7 Å². The molecule has 0 spiro atoms. The second-order valence-corrected chi connectivity index (χ2v) is 8.88. The highest BCUT2D eigenvalue weighted by atomic mass is 16.2. The maximum atomic E-state index is 13.3. The van der Waals surface area contributed by atoms with Gasteiger partial charge in [-0.25, -0.2) is 0 Å². The van der Waals surface area contributed by atoms with Crippen LogP contribution in [-0.2, 0) is 4.79 Å². The van der Waals surface area contributed by atoms with Gasteiger partial charge in [0.25, 0.3) is 0 Å². The van der Waals surface area contributed by atoms with Crippen molar-refractivity contribution in [2.24, 2.45) is 28.6 Å². The average molecular weight is 289 g/mol. The Balaban J connectivity index is 1.53. The van der Waals surface area contributed by atoms with Crippen molar-refractivity contribution in [2.75, 3.05) is 13.1 Å². The molecule has 118 valence electrons. The van der Waals surface area contributed by atoms with Crippen LogP contribution in [-0.4, -0.2) is 23.9 Å². The first kappa shape index (κ1) is 14.1. The Hall–Kier alpha value is -0.530. The fourth-order valence-electron chi connectivity index (χ4n) is 6.64. The highest BCUT2D eigenvalue weighted by Crippen LogP contribution is 2.61. The molecule has 1 aliphatic heterocycles. The Morgan fingerprint density at radius 1 is 1.00 bits per heavy atom. The molecule has 1 heterocycles. The van der Waals surface area contributed by atoms with Gasteiger partial charge in [-0.05, 0) is 81.0 Å². The summed E-state index contributed by atoms with van der Waals surface area (Å²) < 4.78 is 0. The monoisotopic (exact) mass is 289 g/mol. The highest BCUT2D eigenvalue weighted by Gasteiger charge is 2.56. The van der Waals surface area contributed by atoms with Crippen LogP contribution >= 0.6 is 0 Å². The Morgan fingerprint density at radius 2 is 1.52 bits per heavy atom. The molecule has 2 nitrogen and oxygen atoms in total. The summed E-state index contributed by atoms with van der Waals surface area (Å²) in [5.41, 5.74) is 0.504. The van der Waals surface area contributed by atoms with Crippen molar-refractivity contribution in [3.8, 4) is 0 Å². The van der Waals surface area contributed by atoms with Crippen molar-refractivity contribution < 1.29 is 4.79 Å². The van der Waals surface area contributed by atoms with Gasteiger partial charge < -0.3 is 4.90 Å². The molecule has 4 aliphatic carbocycles. The first-order chi connectivity index (χ1) is 10.1. The van der Waals surface area contributed by atoms with Gasteiger partial charge in [-0.1, -0.05) is 13.8 Å². The number of hydrogen-bond donors (Lipinski definition) is 0.